The molecule has 5 heterocycles. The Hall–Kier alpha value is -2.78. The molecule has 0 radical (unpaired) electrons. The molecule has 0 amide bonds. The third-order valence-electron chi connectivity index (χ3n) is 6.25. The number of anilines is 3. The number of methoxy groups -OCH3 is 1. The molecule has 0 spiro atoms. The number of aromatic nitrogens is 5. The number of hydrogen-bond acceptors (Lipinski definition) is 8. The highest BCUT2D eigenvalue weighted by Gasteiger charge is 2.34. The van der Waals surface area contributed by atoms with Crippen LogP contribution in [0.2, 0.25) is 0 Å². The minimum absolute atomic E-state index is 0.217. The van der Waals surface area contributed by atoms with Crippen LogP contribution in [-0.4, -0.2) is 64.0 Å². The van der Waals surface area contributed by atoms with E-state index >= 15 is 0 Å². The monoisotopic (exact) mass is 394 g/mol. The summed E-state index contributed by atoms with van der Waals surface area (Å²) in [5.41, 5.74) is 9.41. The molecule has 0 atom stereocenters. The van der Waals surface area contributed by atoms with Crippen molar-refractivity contribution >= 4 is 28.5 Å². The fraction of sp³-hybridized carbons (Fsp3) is 0.500. The number of hydrogen-bond donors (Lipinski definition) is 2. The van der Waals surface area contributed by atoms with Crippen LogP contribution in [-0.2, 0) is 11.2 Å². The molecule has 0 unspecified atom stereocenters. The first-order chi connectivity index (χ1) is 14.2. The van der Waals surface area contributed by atoms with Crippen LogP contribution in [0.4, 0.5) is 17.3 Å². The van der Waals surface area contributed by atoms with Gasteiger partial charge in [-0.3, -0.25) is 10.1 Å². The summed E-state index contributed by atoms with van der Waals surface area (Å²) >= 11 is 0. The van der Waals surface area contributed by atoms with Gasteiger partial charge in [-0.1, -0.05) is 0 Å². The van der Waals surface area contributed by atoms with E-state index in [0.717, 1.165) is 73.9 Å². The number of H-pyrrole nitrogens is 1. The van der Waals surface area contributed by atoms with Crippen LogP contribution in [0, 0.1) is 0 Å². The summed E-state index contributed by atoms with van der Waals surface area (Å²) in [5, 5.41) is 7.62. The van der Waals surface area contributed by atoms with Crippen LogP contribution in [0.1, 0.15) is 25.0 Å². The highest BCUT2D eigenvalue weighted by atomic mass is 16.5. The summed E-state index contributed by atoms with van der Waals surface area (Å²) in [6.07, 6.45) is 7.49. The Labute approximate surface area is 169 Å². The summed E-state index contributed by atoms with van der Waals surface area (Å²) in [6, 6.07) is 4.06. The average molecular weight is 394 g/mol. The molecule has 1 fully saturated rings. The maximum absolute atomic E-state index is 5.92. The molecule has 152 valence electrons. The highest BCUT2D eigenvalue weighted by molar-refractivity contribution is 5.87. The number of nitrogens with zero attached hydrogens (tertiary/aromatic N) is 6. The molecule has 29 heavy (non-hydrogen) atoms. The molecular weight excluding hydrogens is 368 g/mol. The van der Waals surface area contributed by atoms with E-state index in [1.807, 2.05) is 18.5 Å². The zero-order chi connectivity index (χ0) is 19.8. The molecule has 5 rings (SSSR count). The number of piperidine rings is 1. The van der Waals surface area contributed by atoms with Gasteiger partial charge in [0.1, 0.15) is 5.82 Å². The predicted molar refractivity (Wildman–Crippen MR) is 111 cm³/mol. The number of pyridine rings is 1. The minimum atomic E-state index is -0.217. The third-order valence-corrected chi connectivity index (χ3v) is 6.25. The Kier molecular flexibility index (Phi) is 4.56. The maximum Gasteiger partial charge on any atom is 0.183 e. The maximum atomic E-state index is 5.92. The minimum Gasteiger partial charge on any atom is -0.377 e. The summed E-state index contributed by atoms with van der Waals surface area (Å²) < 4.78 is 5.67. The van der Waals surface area contributed by atoms with Gasteiger partial charge in [0.25, 0.3) is 0 Å². The standard InChI is InChI=1S/C20H26N8O/c1-29-20(13-21)6-10-27(11-7-20)16-12-23-17-18(24-16)25-26-19(17)28-9-3-4-14-15(28)5-2-8-22-14/h2,5,8,12H,3-4,6-7,9-11,13,21H2,1H3,(H,24,25,26). The summed E-state index contributed by atoms with van der Waals surface area (Å²) in [7, 11) is 1.74. The number of aryl methyl sites for hydroxylation is 1. The van der Waals surface area contributed by atoms with Crippen LogP contribution in [0.3, 0.4) is 0 Å². The summed E-state index contributed by atoms with van der Waals surface area (Å²) in [5.74, 6) is 1.67. The van der Waals surface area contributed by atoms with E-state index in [0.29, 0.717) is 12.2 Å². The van der Waals surface area contributed by atoms with Crippen LogP contribution < -0.4 is 15.5 Å². The molecule has 3 aromatic heterocycles. The fourth-order valence-electron chi connectivity index (χ4n) is 4.37. The number of nitrogens with one attached hydrogen (secondary N) is 1. The number of aromatic amines is 1. The topological polar surface area (TPSA) is 109 Å². The van der Waals surface area contributed by atoms with Crippen molar-refractivity contribution in [2.24, 2.45) is 5.73 Å². The van der Waals surface area contributed by atoms with Crippen molar-refractivity contribution in [3.8, 4) is 0 Å². The molecule has 1 saturated heterocycles. The predicted octanol–water partition coefficient (Wildman–Crippen LogP) is 1.78. The Morgan fingerprint density at radius 2 is 2.10 bits per heavy atom. The van der Waals surface area contributed by atoms with Gasteiger partial charge < -0.3 is 20.3 Å². The van der Waals surface area contributed by atoms with Crippen molar-refractivity contribution in [2.75, 3.05) is 43.1 Å². The molecule has 2 aliphatic rings. The molecule has 9 nitrogen and oxygen atoms in total. The Morgan fingerprint density at radius 1 is 1.24 bits per heavy atom. The van der Waals surface area contributed by atoms with E-state index in [1.165, 1.54) is 0 Å². The van der Waals surface area contributed by atoms with Gasteiger partial charge in [-0.05, 0) is 37.8 Å². The fourth-order valence-corrected chi connectivity index (χ4v) is 4.37. The van der Waals surface area contributed by atoms with Crippen molar-refractivity contribution in [2.45, 2.75) is 31.3 Å². The second-order valence-corrected chi connectivity index (χ2v) is 7.78. The molecular formula is C20H26N8O. The average Bonchev–Trinajstić information content (AvgIpc) is 3.22. The second kappa shape index (κ2) is 7.23. The molecule has 0 bridgehead atoms. The number of fused-ring (bicyclic) bond motifs is 2. The molecule has 0 aliphatic carbocycles. The van der Waals surface area contributed by atoms with Gasteiger partial charge in [0.2, 0.25) is 0 Å². The zero-order valence-corrected chi connectivity index (χ0v) is 16.6. The van der Waals surface area contributed by atoms with E-state index in [2.05, 4.69) is 31.0 Å². The molecule has 3 aromatic rings. The van der Waals surface area contributed by atoms with Gasteiger partial charge in [0.15, 0.2) is 17.0 Å². The Morgan fingerprint density at radius 3 is 2.90 bits per heavy atom. The van der Waals surface area contributed by atoms with E-state index in [4.69, 9.17) is 20.4 Å². The SMILES string of the molecule is COC1(CN)CCN(c2cnc3c(N4CCCc5ncccc54)n[nH]c3n2)CC1. The number of rotatable bonds is 4. The third kappa shape index (κ3) is 3.10. The molecule has 3 N–H and O–H groups in total. The van der Waals surface area contributed by atoms with Crippen molar-refractivity contribution < 1.29 is 4.74 Å². The van der Waals surface area contributed by atoms with Gasteiger partial charge in [-0.2, -0.15) is 5.10 Å². The first kappa shape index (κ1) is 18.3. The van der Waals surface area contributed by atoms with Crippen molar-refractivity contribution in [3.05, 3.63) is 30.2 Å². The molecule has 0 saturated carbocycles. The Balaban J connectivity index is 1.42. The van der Waals surface area contributed by atoms with Crippen LogP contribution in [0.15, 0.2) is 24.5 Å². The summed E-state index contributed by atoms with van der Waals surface area (Å²) in [4.78, 5) is 18.5. The van der Waals surface area contributed by atoms with Crippen LogP contribution >= 0.6 is 0 Å². The smallest absolute Gasteiger partial charge is 0.183 e. The van der Waals surface area contributed by atoms with Gasteiger partial charge in [-0.25, -0.2) is 9.97 Å². The highest BCUT2D eigenvalue weighted by Crippen LogP contribution is 2.34. The lowest BCUT2D eigenvalue weighted by molar-refractivity contribution is -0.0216. The van der Waals surface area contributed by atoms with Crippen molar-refractivity contribution in [1.29, 1.82) is 0 Å². The van der Waals surface area contributed by atoms with Crippen LogP contribution in [0.5, 0.6) is 0 Å². The quantitative estimate of drug-likeness (QED) is 0.689. The molecule has 0 aromatic carbocycles. The summed E-state index contributed by atoms with van der Waals surface area (Å²) in [6.45, 7) is 3.12. The van der Waals surface area contributed by atoms with E-state index in [1.54, 1.807) is 7.11 Å². The van der Waals surface area contributed by atoms with Gasteiger partial charge in [-0.15, -0.1) is 0 Å². The van der Waals surface area contributed by atoms with Crippen molar-refractivity contribution in [3.63, 3.8) is 0 Å². The lowest BCUT2D eigenvalue weighted by atomic mass is 9.91. The molecule has 2 aliphatic heterocycles. The Bertz CT molecular complexity index is 1000. The number of nitrogens with two attached hydrogens (primary N) is 1. The lowest BCUT2D eigenvalue weighted by Gasteiger charge is -2.40. The number of ether oxygens (including phenoxy) is 1. The normalized spacial score (nSPS) is 18.8. The van der Waals surface area contributed by atoms with Gasteiger partial charge in [0, 0.05) is 39.5 Å². The lowest BCUT2D eigenvalue weighted by Crippen LogP contribution is -2.50. The largest absolute Gasteiger partial charge is 0.377 e. The second-order valence-electron chi connectivity index (χ2n) is 7.78. The first-order valence-corrected chi connectivity index (χ1v) is 10.2. The van der Waals surface area contributed by atoms with E-state index < -0.39 is 0 Å². The zero-order valence-electron chi connectivity index (χ0n) is 16.6. The van der Waals surface area contributed by atoms with Gasteiger partial charge in [0.05, 0.1) is 23.2 Å². The van der Waals surface area contributed by atoms with E-state index in [-0.39, 0.29) is 5.60 Å². The van der Waals surface area contributed by atoms with E-state index in [9.17, 15) is 0 Å². The molecule has 9 heteroatoms. The first-order valence-electron chi connectivity index (χ1n) is 10.2. The van der Waals surface area contributed by atoms with Gasteiger partial charge >= 0.3 is 0 Å². The van der Waals surface area contributed by atoms with Crippen molar-refractivity contribution in [1.82, 2.24) is 25.1 Å². The van der Waals surface area contributed by atoms with Crippen LogP contribution in [0.25, 0.3) is 11.2 Å².